The molecule has 2 aromatic rings. The van der Waals surface area contributed by atoms with Gasteiger partial charge >= 0.3 is 6.18 Å². The van der Waals surface area contributed by atoms with Crippen molar-refractivity contribution in [1.29, 1.82) is 0 Å². The number of hydrogen-bond acceptors (Lipinski definition) is 6. The van der Waals surface area contributed by atoms with E-state index in [0.717, 1.165) is 24.0 Å². The number of ether oxygens (including phenoxy) is 1. The molecule has 0 N–H and O–H groups in total. The summed E-state index contributed by atoms with van der Waals surface area (Å²) in [5, 5.41) is 10.7. The number of methoxy groups -OCH3 is 1. The maximum Gasteiger partial charge on any atom is 0.433 e. The van der Waals surface area contributed by atoms with Crippen LogP contribution in [0.5, 0.6) is 5.75 Å². The van der Waals surface area contributed by atoms with Gasteiger partial charge in [-0.05, 0) is 12.1 Å². The lowest BCUT2D eigenvalue weighted by Crippen LogP contribution is -2.08. The number of halogens is 3. The summed E-state index contributed by atoms with van der Waals surface area (Å²) >= 11 is 0.929. The third kappa shape index (κ3) is 4.31. The summed E-state index contributed by atoms with van der Waals surface area (Å²) in [6, 6.07) is 4.80. The minimum atomic E-state index is -4.55. The zero-order valence-electron chi connectivity index (χ0n) is 11.7. The van der Waals surface area contributed by atoms with Crippen LogP contribution in [-0.2, 0) is 11.9 Å². The molecule has 10 heteroatoms. The van der Waals surface area contributed by atoms with E-state index in [1.165, 1.54) is 25.3 Å². The van der Waals surface area contributed by atoms with E-state index in [0.29, 0.717) is 11.3 Å². The van der Waals surface area contributed by atoms with Crippen molar-refractivity contribution in [3.63, 3.8) is 0 Å². The van der Waals surface area contributed by atoms with Crippen molar-refractivity contribution in [2.75, 3.05) is 7.11 Å². The van der Waals surface area contributed by atoms with Gasteiger partial charge in [0, 0.05) is 29.6 Å². The van der Waals surface area contributed by atoms with Crippen molar-refractivity contribution in [2.24, 2.45) is 0 Å². The molecule has 0 saturated heterocycles. The highest BCUT2D eigenvalue weighted by Crippen LogP contribution is 2.31. The van der Waals surface area contributed by atoms with Gasteiger partial charge in [0.1, 0.15) is 11.4 Å². The minimum absolute atomic E-state index is 0.0756. The fourth-order valence-electron chi connectivity index (χ4n) is 1.70. The topological polar surface area (TPSA) is 78.2 Å². The van der Waals surface area contributed by atoms with Crippen molar-refractivity contribution in [3.05, 3.63) is 51.8 Å². The number of thioether (sulfide) groups is 1. The Kier molecular flexibility index (Phi) is 5.04. The summed E-state index contributed by atoms with van der Waals surface area (Å²) in [4.78, 5) is 17.4. The second-order valence-corrected chi connectivity index (χ2v) is 5.21. The normalized spacial score (nSPS) is 11.3. The molecular formula is C13H10F3N3O3S. The maximum atomic E-state index is 12.6. The second-order valence-electron chi connectivity index (χ2n) is 4.26. The summed E-state index contributed by atoms with van der Waals surface area (Å²) in [7, 11) is 1.40. The van der Waals surface area contributed by atoms with Gasteiger partial charge in [-0.15, -0.1) is 0 Å². The van der Waals surface area contributed by atoms with Gasteiger partial charge in [-0.25, -0.2) is 9.97 Å². The highest BCUT2D eigenvalue weighted by Gasteiger charge is 2.32. The molecule has 0 unspecified atom stereocenters. The van der Waals surface area contributed by atoms with Gasteiger partial charge in [-0.1, -0.05) is 11.8 Å². The number of aromatic nitrogens is 2. The van der Waals surface area contributed by atoms with Crippen LogP contribution in [0.2, 0.25) is 0 Å². The lowest BCUT2D eigenvalue weighted by Gasteiger charge is -2.09. The van der Waals surface area contributed by atoms with E-state index in [1.807, 2.05) is 0 Å². The Morgan fingerprint density at radius 3 is 2.70 bits per heavy atom. The first kappa shape index (κ1) is 17.0. The highest BCUT2D eigenvalue weighted by atomic mass is 32.2. The Bertz CT molecular complexity index is 725. The van der Waals surface area contributed by atoms with Gasteiger partial charge in [0.25, 0.3) is 5.69 Å². The van der Waals surface area contributed by atoms with Gasteiger partial charge < -0.3 is 4.74 Å². The van der Waals surface area contributed by atoms with Crippen molar-refractivity contribution < 1.29 is 22.8 Å². The Hall–Kier alpha value is -2.36. The van der Waals surface area contributed by atoms with Crippen LogP contribution in [0.1, 0.15) is 11.3 Å². The molecule has 0 amide bonds. The highest BCUT2D eigenvalue weighted by molar-refractivity contribution is 7.98. The van der Waals surface area contributed by atoms with Crippen LogP contribution in [0.3, 0.4) is 0 Å². The lowest BCUT2D eigenvalue weighted by molar-refractivity contribution is -0.384. The fourth-order valence-corrected chi connectivity index (χ4v) is 2.51. The standard InChI is InChI=1S/C13H10F3N3O3S/c1-22-10-3-2-9(19(20)21)6-8(10)7-23-12-17-5-4-11(18-12)13(14,15)16/h2-6H,7H2,1H3. The van der Waals surface area contributed by atoms with Crippen LogP contribution in [0, 0.1) is 10.1 Å². The van der Waals surface area contributed by atoms with E-state index < -0.39 is 16.8 Å². The van der Waals surface area contributed by atoms with Crippen LogP contribution in [0.4, 0.5) is 18.9 Å². The summed E-state index contributed by atoms with van der Waals surface area (Å²) < 4.78 is 42.9. The van der Waals surface area contributed by atoms with E-state index in [1.54, 1.807) is 0 Å². The smallest absolute Gasteiger partial charge is 0.433 e. The largest absolute Gasteiger partial charge is 0.496 e. The molecule has 0 radical (unpaired) electrons. The van der Waals surface area contributed by atoms with Gasteiger partial charge in [-0.3, -0.25) is 10.1 Å². The van der Waals surface area contributed by atoms with Gasteiger partial charge in [0.2, 0.25) is 0 Å². The zero-order valence-corrected chi connectivity index (χ0v) is 12.5. The van der Waals surface area contributed by atoms with Crippen molar-refractivity contribution >= 4 is 17.4 Å². The zero-order chi connectivity index (χ0) is 17.0. The molecule has 0 aliphatic carbocycles. The molecule has 0 saturated carbocycles. The number of rotatable bonds is 5. The third-order valence-corrected chi connectivity index (χ3v) is 3.67. The molecule has 1 aromatic carbocycles. The lowest BCUT2D eigenvalue weighted by atomic mass is 10.2. The van der Waals surface area contributed by atoms with E-state index in [-0.39, 0.29) is 16.6 Å². The van der Waals surface area contributed by atoms with Crippen LogP contribution < -0.4 is 4.74 Å². The second kappa shape index (κ2) is 6.82. The summed E-state index contributed by atoms with van der Waals surface area (Å²) in [5.74, 6) is 0.529. The monoisotopic (exact) mass is 345 g/mol. The molecule has 0 atom stereocenters. The number of non-ortho nitro benzene ring substituents is 1. The van der Waals surface area contributed by atoms with Crippen molar-refractivity contribution in [2.45, 2.75) is 17.1 Å². The Morgan fingerprint density at radius 2 is 2.09 bits per heavy atom. The Balaban J connectivity index is 2.20. The van der Waals surface area contributed by atoms with Gasteiger partial charge in [-0.2, -0.15) is 13.2 Å². The van der Waals surface area contributed by atoms with Crippen molar-refractivity contribution in [1.82, 2.24) is 9.97 Å². The number of alkyl halides is 3. The molecule has 1 heterocycles. The number of nitrogens with zero attached hydrogens (tertiary/aromatic N) is 3. The molecule has 0 spiro atoms. The summed E-state index contributed by atoms with van der Waals surface area (Å²) in [6.45, 7) is 0. The average Bonchev–Trinajstić information content (AvgIpc) is 2.52. The number of benzene rings is 1. The third-order valence-electron chi connectivity index (χ3n) is 2.76. The number of nitro benzene ring substituents is 1. The molecular weight excluding hydrogens is 335 g/mol. The molecule has 0 fully saturated rings. The van der Waals surface area contributed by atoms with Crippen LogP contribution >= 0.6 is 11.8 Å². The minimum Gasteiger partial charge on any atom is -0.496 e. The average molecular weight is 345 g/mol. The van der Waals surface area contributed by atoms with E-state index in [2.05, 4.69) is 9.97 Å². The number of nitro groups is 1. The van der Waals surface area contributed by atoms with Gasteiger partial charge in [0.05, 0.1) is 12.0 Å². The number of hydrogen-bond donors (Lipinski definition) is 0. The van der Waals surface area contributed by atoms with Crippen LogP contribution in [0.25, 0.3) is 0 Å². The first-order chi connectivity index (χ1) is 10.8. The fraction of sp³-hybridized carbons (Fsp3) is 0.231. The quantitative estimate of drug-likeness (QED) is 0.356. The van der Waals surface area contributed by atoms with Crippen LogP contribution in [0.15, 0.2) is 35.6 Å². The molecule has 0 bridgehead atoms. The van der Waals surface area contributed by atoms with E-state index in [9.17, 15) is 23.3 Å². The van der Waals surface area contributed by atoms with Crippen molar-refractivity contribution in [3.8, 4) is 5.75 Å². The summed E-state index contributed by atoms with van der Waals surface area (Å²) in [5.41, 5.74) is -0.708. The first-order valence-electron chi connectivity index (χ1n) is 6.15. The molecule has 1 aromatic heterocycles. The molecule has 23 heavy (non-hydrogen) atoms. The molecule has 122 valence electrons. The van der Waals surface area contributed by atoms with Gasteiger partial charge in [0.15, 0.2) is 5.16 Å². The van der Waals surface area contributed by atoms with E-state index >= 15 is 0 Å². The molecule has 0 aliphatic heterocycles. The SMILES string of the molecule is COc1ccc([N+](=O)[O-])cc1CSc1nccc(C(F)(F)F)n1. The van der Waals surface area contributed by atoms with E-state index in [4.69, 9.17) is 4.74 Å². The molecule has 6 nitrogen and oxygen atoms in total. The predicted octanol–water partition coefficient (Wildman–Crippen LogP) is 3.70. The molecule has 0 aliphatic rings. The Morgan fingerprint density at radius 1 is 1.35 bits per heavy atom. The summed E-state index contributed by atoms with van der Waals surface area (Å²) in [6.07, 6.45) is -3.54. The predicted molar refractivity (Wildman–Crippen MR) is 76.2 cm³/mol. The maximum absolute atomic E-state index is 12.6. The van der Waals surface area contributed by atoms with Crippen LogP contribution in [-0.4, -0.2) is 22.0 Å². The molecule has 2 rings (SSSR count). The first-order valence-corrected chi connectivity index (χ1v) is 7.14. The Labute approximate surface area is 132 Å².